The number of anilines is 1. The highest BCUT2D eigenvalue weighted by molar-refractivity contribution is 6.39. The van der Waals surface area contributed by atoms with Crippen LogP contribution in [0.2, 0.25) is 0 Å². The second-order valence-electron chi connectivity index (χ2n) is 8.70. The monoisotopic (exact) mass is 459 g/mol. The molecular weight excluding hydrogens is 430 g/mol. The molecule has 1 aromatic heterocycles. The molecule has 1 heterocycles. The molecule has 0 spiro atoms. The largest absolute Gasteiger partial charge is 0.496 e. The molecule has 3 N–H and O–H groups in total. The summed E-state index contributed by atoms with van der Waals surface area (Å²) in [4.78, 5) is 39.8. The number of ether oxygens (including phenoxy) is 2. The van der Waals surface area contributed by atoms with Gasteiger partial charge in [0.1, 0.15) is 5.75 Å². The van der Waals surface area contributed by atoms with Gasteiger partial charge in [-0.25, -0.2) is 4.98 Å². The maximum atomic E-state index is 12.4. The summed E-state index contributed by atoms with van der Waals surface area (Å²) in [6.07, 6.45) is 5.27. The SMILES string of the molecule is COc1cc(NC(=O)C(=O)NC(C)(C)COC2CCC(C(=O)O)CC2)ccc1-c1cnco1. The fourth-order valence-corrected chi connectivity index (χ4v) is 3.71. The number of carbonyl (C=O) groups is 3. The second-order valence-corrected chi connectivity index (χ2v) is 8.70. The highest BCUT2D eigenvalue weighted by Gasteiger charge is 2.30. The van der Waals surface area contributed by atoms with Crippen molar-refractivity contribution in [1.82, 2.24) is 10.3 Å². The zero-order valence-corrected chi connectivity index (χ0v) is 18.9. The first-order chi connectivity index (χ1) is 15.7. The average Bonchev–Trinajstić information content (AvgIpc) is 3.32. The molecule has 0 radical (unpaired) electrons. The van der Waals surface area contributed by atoms with Crippen LogP contribution >= 0.6 is 0 Å². The maximum absolute atomic E-state index is 12.4. The van der Waals surface area contributed by atoms with E-state index in [0.717, 1.165) is 0 Å². The molecule has 10 heteroatoms. The van der Waals surface area contributed by atoms with Crippen LogP contribution in [-0.4, -0.2) is 53.2 Å². The maximum Gasteiger partial charge on any atom is 0.313 e. The Bertz CT molecular complexity index is 980. The zero-order chi connectivity index (χ0) is 24.0. The van der Waals surface area contributed by atoms with Crippen LogP contribution in [0.5, 0.6) is 5.75 Å². The van der Waals surface area contributed by atoms with E-state index in [1.165, 1.54) is 13.5 Å². The third-order valence-electron chi connectivity index (χ3n) is 5.52. The van der Waals surface area contributed by atoms with E-state index in [1.54, 1.807) is 38.2 Å². The lowest BCUT2D eigenvalue weighted by Crippen LogP contribution is -2.51. The summed E-state index contributed by atoms with van der Waals surface area (Å²) < 4.78 is 16.5. The zero-order valence-electron chi connectivity index (χ0n) is 18.9. The van der Waals surface area contributed by atoms with Crippen LogP contribution < -0.4 is 15.4 Å². The third kappa shape index (κ3) is 6.55. The topological polar surface area (TPSA) is 140 Å². The number of oxazole rings is 1. The smallest absolute Gasteiger partial charge is 0.313 e. The van der Waals surface area contributed by atoms with Crippen molar-refractivity contribution in [3.05, 3.63) is 30.8 Å². The number of carbonyl (C=O) groups excluding carboxylic acids is 2. The van der Waals surface area contributed by atoms with Crippen LogP contribution in [0.1, 0.15) is 39.5 Å². The predicted octanol–water partition coefficient (Wildman–Crippen LogP) is 2.84. The van der Waals surface area contributed by atoms with Gasteiger partial charge >= 0.3 is 17.8 Å². The van der Waals surface area contributed by atoms with Gasteiger partial charge in [0, 0.05) is 11.8 Å². The quantitative estimate of drug-likeness (QED) is 0.512. The highest BCUT2D eigenvalue weighted by atomic mass is 16.5. The van der Waals surface area contributed by atoms with E-state index in [1.807, 2.05) is 0 Å². The summed E-state index contributed by atoms with van der Waals surface area (Å²) in [7, 11) is 1.49. The van der Waals surface area contributed by atoms with E-state index in [2.05, 4.69) is 15.6 Å². The molecule has 3 rings (SSSR count). The Morgan fingerprint density at radius 2 is 1.91 bits per heavy atom. The molecule has 10 nitrogen and oxygen atoms in total. The van der Waals surface area contributed by atoms with Crippen LogP contribution in [0.4, 0.5) is 5.69 Å². The van der Waals surface area contributed by atoms with Gasteiger partial charge in [0.2, 0.25) is 0 Å². The van der Waals surface area contributed by atoms with Crippen molar-refractivity contribution >= 4 is 23.5 Å². The van der Waals surface area contributed by atoms with Crippen LogP contribution in [0.25, 0.3) is 11.3 Å². The Morgan fingerprint density at radius 3 is 2.52 bits per heavy atom. The van der Waals surface area contributed by atoms with Crippen LogP contribution in [0, 0.1) is 5.92 Å². The molecule has 0 bridgehead atoms. The molecule has 1 aromatic carbocycles. The first kappa shape index (κ1) is 24.2. The number of aliphatic carboxylic acids is 1. The molecule has 1 aliphatic carbocycles. The normalized spacial score (nSPS) is 18.4. The molecule has 1 aliphatic rings. The van der Waals surface area contributed by atoms with Gasteiger partial charge in [0.15, 0.2) is 12.2 Å². The summed E-state index contributed by atoms with van der Waals surface area (Å²) in [5.41, 5.74) is 0.263. The van der Waals surface area contributed by atoms with Crippen LogP contribution in [0.3, 0.4) is 0 Å². The van der Waals surface area contributed by atoms with E-state index in [-0.39, 0.29) is 18.6 Å². The Hall–Kier alpha value is -3.40. The minimum Gasteiger partial charge on any atom is -0.496 e. The molecule has 2 amide bonds. The second kappa shape index (κ2) is 10.5. The van der Waals surface area contributed by atoms with Gasteiger partial charge in [-0.1, -0.05) is 0 Å². The minimum atomic E-state index is -0.820. The van der Waals surface area contributed by atoms with Crippen LogP contribution in [0.15, 0.2) is 35.2 Å². The highest BCUT2D eigenvalue weighted by Crippen LogP contribution is 2.32. The number of methoxy groups -OCH3 is 1. The van der Waals surface area contributed by atoms with Crippen molar-refractivity contribution in [2.24, 2.45) is 5.92 Å². The first-order valence-electron chi connectivity index (χ1n) is 10.7. The molecule has 178 valence electrons. The van der Waals surface area contributed by atoms with E-state index < -0.39 is 23.3 Å². The molecular formula is C23H29N3O7. The van der Waals surface area contributed by atoms with Crippen molar-refractivity contribution in [2.75, 3.05) is 19.0 Å². The summed E-state index contributed by atoms with van der Waals surface area (Å²) in [6.45, 7) is 3.72. The summed E-state index contributed by atoms with van der Waals surface area (Å²) >= 11 is 0. The van der Waals surface area contributed by atoms with Crippen molar-refractivity contribution in [3.63, 3.8) is 0 Å². The van der Waals surface area contributed by atoms with E-state index >= 15 is 0 Å². The van der Waals surface area contributed by atoms with Gasteiger partial charge in [-0.15, -0.1) is 0 Å². The van der Waals surface area contributed by atoms with Gasteiger partial charge in [0.05, 0.1) is 43.0 Å². The number of benzene rings is 1. The lowest BCUT2D eigenvalue weighted by molar-refractivity contribution is -0.144. The Kier molecular flexibility index (Phi) is 7.70. The molecule has 2 aromatic rings. The molecule has 33 heavy (non-hydrogen) atoms. The number of nitrogens with zero attached hydrogens (tertiary/aromatic N) is 1. The molecule has 0 aliphatic heterocycles. The standard InChI is InChI=1S/C23H29N3O7/c1-23(2,12-32-16-7-4-14(5-8-16)22(29)30)26-21(28)20(27)25-15-6-9-17(18(10-15)31-3)19-11-24-13-33-19/h6,9-11,13-14,16H,4-5,7-8,12H2,1-3H3,(H,25,27)(H,26,28)(H,29,30). The van der Waals surface area contributed by atoms with E-state index in [4.69, 9.17) is 19.0 Å². The Morgan fingerprint density at radius 1 is 1.18 bits per heavy atom. The number of carboxylic acid groups (broad SMARTS) is 1. The van der Waals surface area contributed by atoms with E-state index in [9.17, 15) is 14.4 Å². The molecule has 0 atom stereocenters. The number of rotatable bonds is 8. The van der Waals surface area contributed by atoms with Gasteiger partial charge in [-0.2, -0.15) is 0 Å². The van der Waals surface area contributed by atoms with Crippen LogP contribution in [-0.2, 0) is 19.1 Å². The number of carboxylic acids is 1. The number of nitrogens with one attached hydrogen (secondary N) is 2. The lowest BCUT2D eigenvalue weighted by atomic mass is 9.87. The fraction of sp³-hybridized carbons (Fsp3) is 0.478. The number of aromatic nitrogens is 1. The summed E-state index contributed by atoms with van der Waals surface area (Å²) in [6, 6.07) is 4.92. The predicted molar refractivity (Wildman–Crippen MR) is 119 cm³/mol. The summed E-state index contributed by atoms with van der Waals surface area (Å²) in [5, 5.41) is 14.3. The molecule has 1 saturated carbocycles. The average molecular weight is 459 g/mol. The van der Waals surface area contributed by atoms with Crippen molar-refractivity contribution in [3.8, 4) is 17.1 Å². The minimum absolute atomic E-state index is 0.0547. The molecule has 0 saturated heterocycles. The van der Waals surface area contributed by atoms with Crippen molar-refractivity contribution in [1.29, 1.82) is 0 Å². The fourth-order valence-electron chi connectivity index (χ4n) is 3.71. The van der Waals surface area contributed by atoms with Gasteiger partial charge < -0.3 is 29.6 Å². The molecule has 1 fully saturated rings. The number of hydrogen-bond donors (Lipinski definition) is 3. The van der Waals surface area contributed by atoms with Gasteiger partial charge in [-0.05, 0) is 51.7 Å². The molecule has 0 unspecified atom stereocenters. The first-order valence-corrected chi connectivity index (χ1v) is 10.7. The van der Waals surface area contributed by atoms with Gasteiger partial charge in [0.25, 0.3) is 0 Å². The Labute approximate surface area is 191 Å². The Balaban J connectivity index is 1.51. The van der Waals surface area contributed by atoms with Crippen molar-refractivity contribution in [2.45, 2.75) is 51.2 Å². The number of hydrogen-bond acceptors (Lipinski definition) is 7. The summed E-state index contributed by atoms with van der Waals surface area (Å²) in [5.74, 6) is -1.73. The van der Waals surface area contributed by atoms with Crippen molar-refractivity contribution < 1.29 is 33.4 Å². The number of amides is 2. The third-order valence-corrected chi connectivity index (χ3v) is 5.52. The lowest BCUT2D eigenvalue weighted by Gasteiger charge is -2.31. The van der Waals surface area contributed by atoms with E-state index in [0.29, 0.717) is 48.4 Å². The van der Waals surface area contributed by atoms with Gasteiger partial charge in [-0.3, -0.25) is 14.4 Å².